The predicted octanol–water partition coefficient (Wildman–Crippen LogP) is 4.60. The van der Waals surface area contributed by atoms with E-state index in [1.54, 1.807) is 6.92 Å². The van der Waals surface area contributed by atoms with E-state index in [1.165, 1.54) is 5.56 Å². The van der Waals surface area contributed by atoms with E-state index in [2.05, 4.69) is 22.3 Å². The van der Waals surface area contributed by atoms with Crippen LogP contribution in [0.25, 0.3) is 10.9 Å². The molecule has 0 bridgehead atoms. The Morgan fingerprint density at radius 2 is 1.79 bits per heavy atom. The number of nitrogens with zero attached hydrogens (tertiary/aromatic N) is 5. The van der Waals surface area contributed by atoms with Crippen LogP contribution < -0.4 is 10.2 Å². The lowest BCUT2D eigenvalue weighted by atomic mass is 10.0. The number of fused-ring (bicyclic) bond motifs is 1. The number of piperazine rings is 1. The highest BCUT2D eigenvalue weighted by molar-refractivity contribution is 6.30. The first-order chi connectivity index (χ1) is 16.3. The van der Waals surface area contributed by atoms with Crippen molar-refractivity contribution in [3.05, 3.63) is 41.0 Å². The first kappa shape index (κ1) is 22.8. The van der Waals surface area contributed by atoms with Crippen LogP contribution >= 0.6 is 11.6 Å². The highest BCUT2D eigenvalue weighted by atomic mass is 35.5. The Kier molecular flexibility index (Phi) is 6.02. The predicted molar refractivity (Wildman–Crippen MR) is 135 cm³/mol. The third-order valence-electron chi connectivity index (χ3n) is 6.84. The third kappa shape index (κ3) is 4.39. The molecule has 1 aliphatic heterocycles. The Morgan fingerprint density at radius 3 is 2.38 bits per heavy atom. The number of carbonyl (C=O) groups is 1. The Labute approximate surface area is 204 Å². The number of aromatic nitrogens is 3. The smallest absolute Gasteiger partial charge is 0.228 e. The summed E-state index contributed by atoms with van der Waals surface area (Å²) in [5.41, 5.74) is 1.71. The molecule has 0 spiro atoms. The fraction of sp³-hybridized carbons (Fsp3) is 0.480. The number of nitrogens with one attached hydrogen (secondary N) is 1. The molecule has 1 aromatic carbocycles. The van der Waals surface area contributed by atoms with Crippen molar-refractivity contribution in [2.75, 3.05) is 36.4 Å². The largest absolute Gasteiger partial charge is 0.493 e. The van der Waals surface area contributed by atoms with Gasteiger partial charge < -0.3 is 24.8 Å². The van der Waals surface area contributed by atoms with Gasteiger partial charge in [-0.3, -0.25) is 4.79 Å². The summed E-state index contributed by atoms with van der Waals surface area (Å²) in [6.45, 7) is 8.23. The second-order valence-corrected chi connectivity index (χ2v) is 10.0. The number of carbonyl (C=O) groups excluding carboxylic acids is 1. The van der Waals surface area contributed by atoms with Crippen LogP contribution in [-0.2, 0) is 4.79 Å². The molecule has 180 valence electrons. The number of amides is 1. The molecule has 0 radical (unpaired) electrons. The van der Waals surface area contributed by atoms with Crippen molar-refractivity contribution in [1.82, 2.24) is 19.4 Å². The molecule has 9 heteroatoms. The second kappa shape index (κ2) is 8.98. The summed E-state index contributed by atoms with van der Waals surface area (Å²) in [7, 11) is 0. The van der Waals surface area contributed by atoms with Crippen LogP contribution in [0.4, 0.5) is 11.8 Å². The molecule has 1 atom stereocenters. The average Bonchev–Trinajstić information content (AvgIpc) is 3.61. The first-order valence-corrected chi connectivity index (χ1v) is 12.3. The zero-order chi connectivity index (χ0) is 24.0. The van der Waals surface area contributed by atoms with Crippen LogP contribution in [0.2, 0.25) is 5.02 Å². The van der Waals surface area contributed by atoms with Gasteiger partial charge in [-0.05, 0) is 50.3 Å². The summed E-state index contributed by atoms with van der Waals surface area (Å²) >= 11 is 6.13. The molecule has 1 amide bonds. The van der Waals surface area contributed by atoms with Crippen molar-refractivity contribution in [3.8, 4) is 5.88 Å². The van der Waals surface area contributed by atoms with Gasteiger partial charge in [0, 0.05) is 50.4 Å². The van der Waals surface area contributed by atoms with Crippen molar-refractivity contribution < 1.29 is 9.90 Å². The number of halogens is 1. The van der Waals surface area contributed by atoms with Crippen LogP contribution in [0.5, 0.6) is 5.88 Å². The summed E-state index contributed by atoms with van der Waals surface area (Å²) in [5.74, 6) is 2.04. The summed E-state index contributed by atoms with van der Waals surface area (Å²) in [5, 5.41) is 16.2. The summed E-state index contributed by atoms with van der Waals surface area (Å²) in [6, 6.07) is 8.15. The standard InChI is InChI=1S/C25H31ClN6O2/c1-15(2)32-14-20-22(24(32)34)28-25(31-12-10-30(11-13-31)16(3)33)29-23(20)27-21(17-4-5-17)18-6-8-19(26)9-7-18/h6-9,14-15,17,21,34H,4-5,10-13H2,1-3H3,(H,27,28,29). The number of rotatable bonds is 6. The first-order valence-electron chi connectivity index (χ1n) is 12.0. The minimum Gasteiger partial charge on any atom is -0.493 e. The maximum atomic E-state index is 11.8. The van der Waals surface area contributed by atoms with Gasteiger partial charge in [-0.25, -0.2) is 4.98 Å². The normalized spacial score (nSPS) is 17.4. The second-order valence-electron chi connectivity index (χ2n) is 9.59. The van der Waals surface area contributed by atoms with Crippen LogP contribution in [0, 0.1) is 5.92 Å². The lowest BCUT2D eigenvalue weighted by Gasteiger charge is -2.34. The molecule has 1 saturated heterocycles. The van der Waals surface area contributed by atoms with Gasteiger partial charge >= 0.3 is 0 Å². The van der Waals surface area contributed by atoms with Gasteiger partial charge in [-0.1, -0.05) is 23.7 Å². The molecule has 2 N–H and O–H groups in total. The molecule has 2 aromatic heterocycles. The third-order valence-corrected chi connectivity index (χ3v) is 7.09. The van der Waals surface area contributed by atoms with Gasteiger partial charge in [0.1, 0.15) is 11.3 Å². The van der Waals surface area contributed by atoms with E-state index >= 15 is 0 Å². The fourth-order valence-corrected chi connectivity index (χ4v) is 4.79. The molecule has 5 rings (SSSR count). The van der Waals surface area contributed by atoms with Crippen molar-refractivity contribution in [3.63, 3.8) is 0 Å². The Morgan fingerprint density at radius 1 is 1.12 bits per heavy atom. The minimum atomic E-state index is 0.0834. The van der Waals surface area contributed by atoms with E-state index in [1.807, 2.05) is 41.6 Å². The molecule has 2 fully saturated rings. The topological polar surface area (TPSA) is 86.5 Å². The van der Waals surface area contributed by atoms with Crippen LogP contribution in [0.15, 0.2) is 30.5 Å². The van der Waals surface area contributed by atoms with Crippen molar-refractivity contribution in [2.45, 2.75) is 45.7 Å². The molecule has 3 heterocycles. The van der Waals surface area contributed by atoms with Crippen molar-refractivity contribution in [1.29, 1.82) is 0 Å². The van der Waals surface area contributed by atoms with Crippen molar-refractivity contribution >= 4 is 40.2 Å². The molecule has 1 unspecified atom stereocenters. The molecule has 8 nitrogen and oxygen atoms in total. The molecular weight excluding hydrogens is 452 g/mol. The maximum absolute atomic E-state index is 11.8. The molecular formula is C25H31ClN6O2. The van der Waals surface area contributed by atoms with E-state index < -0.39 is 0 Å². The van der Waals surface area contributed by atoms with Gasteiger partial charge in [0.05, 0.1) is 11.4 Å². The molecule has 34 heavy (non-hydrogen) atoms. The number of aromatic hydroxyl groups is 1. The lowest BCUT2D eigenvalue weighted by Crippen LogP contribution is -2.48. The van der Waals surface area contributed by atoms with E-state index in [4.69, 9.17) is 21.6 Å². The monoisotopic (exact) mass is 482 g/mol. The lowest BCUT2D eigenvalue weighted by molar-refractivity contribution is -0.129. The highest BCUT2D eigenvalue weighted by Gasteiger charge is 2.34. The van der Waals surface area contributed by atoms with Gasteiger partial charge in [0.15, 0.2) is 0 Å². The zero-order valence-corrected chi connectivity index (χ0v) is 20.6. The number of hydrogen-bond donors (Lipinski definition) is 2. The van der Waals surface area contributed by atoms with Crippen LogP contribution in [0.3, 0.4) is 0 Å². The number of hydrogen-bond acceptors (Lipinski definition) is 6. The zero-order valence-electron chi connectivity index (χ0n) is 19.8. The summed E-state index contributed by atoms with van der Waals surface area (Å²) in [4.78, 5) is 25.4. The van der Waals surface area contributed by atoms with E-state index in [0.717, 1.165) is 24.0 Å². The summed E-state index contributed by atoms with van der Waals surface area (Å²) in [6.07, 6.45) is 4.25. The molecule has 2 aliphatic rings. The van der Waals surface area contributed by atoms with Crippen molar-refractivity contribution in [2.24, 2.45) is 5.92 Å². The summed E-state index contributed by atoms with van der Waals surface area (Å²) < 4.78 is 1.83. The average molecular weight is 483 g/mol. The number of anilines is 2. The van der Waals surface area contributed by atoms with Gasteiger partial charge in [0.2, 0.25) is 17.7 Å². The Balaban J connectivity index is 1.54. The van der Waals surface area contributed by atoms with E-state index in [0.29, 0.717) is 48.6 Å². The molecule has 3 aromatic rings. The SMILES string of the molecule is CC(=O)N1CCN(c2nc(NC(c3ccc(Cl)cc3)C3CC3)c3cn(C(C)C)c(O)c3n2)CC1. The maximum Gasteiger partial charge on any atom is 0.228 e. The van der Waals surface area contributed by atoms with E-state index in [9.17, 15) is 9.90 Å². The van der Waals surface area contributed by atoms with Crippen LogP contribution in [-0.4, -0.2) is 56.6 Å². The highest BCUT2D eigenvalue weighted by Crippen LogP contribution is 2.44. The quantitative estimate of drug-likeness (QED) is 0.534. The minimum absolute atomic E-state index is 0.0834. The Bertz CT molecular complexity index is 1200. The van der Waals surface area contributed by atoms with Crippen LogP contribution in [0.1, 0.15) is 51.3 Å². The van der Waals surface area contributed by atoms with Gasteiger partial charge in [0.25, 0.3) is 0 Å². The molecule has 1 aliphatic carbocycles. The Hall–Kier alpha value is -3.00. The van der Waals surface area contributed by atoms with Gasteiger partial charge in [-0.2, -0.15) is 4.98 Å². The molecule has 1 saturated carbocycles. The number of benzene rings is 1. The van der Waals surface area contributed by atoms with Gasteiger partial charge in [-0.15, -0.1) is 0 Å². The fourth-order valence-electron chi connectivity index (χ4n) is 4.66. The van der Waals surface area contributed by atoms with E-state index in [-0.39, 0.29) is 23.9 Å².